The summed E-state index contributed by atoms with van der Waals surface area (Å²) in [5.74, 6) is 1.97. The summed E-state index contributed by atoms with van der Waals surface area (Å²) in [7, 11) is 0.525. The van der Waals surface area contributed by atoms with Gasteiger partial charge in [0.05, 0.1) is 0 Å². The van der Waals surface area contributed by atoms with Crippen LogP contribution in [-0.2, 0) is 0 Å². The zero-order valence-corrected chi connectivity index (χ0v) is 5.20. The molecule has 0 aromatic carbocycles. The van der Waals surface area contributed by atoms with Crippen LogP contribution in [0.25, 0.3) is 5.53 Å². The van der Waals surface area contributed by atoms with Crippen molar-refractivity contribution in [1.29, 1.82) is 0 Å². The zero-order valence-electron chi connectivity index (χ0n) is 4.20. The van der Waals surface area contributed by atoms with Gasteiger partial charge in [-0.2, -0.15) is 4.79 Å². The quantitative estimate of drug-likeness (QED) is 0.363. The zero-order chi connectivity index (χ0) is 5.82. The van der Waals surface area contributed by atoms with E-state index in [9.17, 15) is 0 Å². The molecular formula is C5H5N2P. The lowest BCUT2D eigenvalue weighted by Gasteiger charge is -1.68. The second kappa shape index (κ2) is 2.46. The van der Waals surface area contributed by atoms with Crippen LogP contribution in [0.5, 0.6) is 0 Å². The van der Waals surface area contributed by atoms with Crippen molar-refractivity contribution in [2.45, 2.75) is 0 Å². The molecule has 1 heterocycles. The Balaban J connectivity index is 3.41. The molecule has 0 saturated carbocycles. The summed E-state index contributed by atoms with van der Waals surface area (Å²) < 4.78 is 0. The summed E-state index contributed by atoms with van der Waals surface area (Å²) in [6.07, 6.45) is 0. The van der Waals surface area contributed by atoms with Gasteiger partial charge in [-0.15, -0.1) is 0 Å². The summed E-state index contributed by atoms with van der Waals surface area (Å²) in [6, 6.07) is 5.58. The first-order chi connectivity index (χ1) is 3.93. The molecule has 1 rings (SSSR count). The summed E-state index contributed by atoms with van der Waals surface area (Å²) in [5, 5.41) is 0.743. The second-order valence-corrected chi connectivity index (χ2v) is 2.48. The van der Waals surface area contributed by atoms with Crippen molar-refractivity contribution < 1.29 is 4.79 Å². The number of hydrogen-bond acceptors (Lipinski definition) is 0. The normalized spacial score (nSPS) is 9.00. The van der Waals surface area contributed by atoms with Gasteiger partial charge in [0.1, 0.15) is 0 Å². The van der Waals surface area contributed by atoms with Gasteiger partial charge >= 0.3 is 5.09 Å². The van der Waals surface area contributed by atoms with Crippen LogP contribution in [-0.4, -0.2) is 4.79 Å². The fraction of sp³-hybridized carbons (Fsp3) is 0. The summed E-state index contributed by atoms with van der Waals surface area (Å²) in [5.41, 5.74) is 8.20. The molecule has 0 spiro atoms. The Bertz CT molecular complexity index is 229. The van der Waals surface area contributed by atoms with E-state index in [0.717, 1.165) is 5.09 Å². The fourth-order valence-corrected chi connectivity index (χ4v) is 1.07. The average Bonchev–Trinajstić information content (AvgIpc) is 1.90. The number of nitrogens with zero attached hydrogens (tertiary/aromatic N) is 2. The van der Waals surface area contributed by atoms with Crippen LogP contribution in [0.2, 0.25) is 0 Å². The van der Waals surface area contributed by atoms with Gasteiger partial charge in [0, 0.05) is 6.07 Å². The number of hydrogen-bond donors (Lipinski definition) is 0. The van der Waals surface area contributed by atoms with Crippen LogP contribution >= 0.6 is 8.19 Å². The average molecular weight is 124 g/mol. The molecule has 2 nitrogen and oxygen atoms in total. The van der Waals surface area contributed by atoms with Gasteiger partial charge in [-0.1, -0.05) is 12.1 Å². The molecule has 0 N–H and O–H groups in total. The monoisotopic (exact) mass is 124 g/mol. The van der Waals surface area contributed by atoms with E-state index in [4.69, 9.17) is 5.53 Å². The third-order valence-corrected chi connectivity index (χ3v) is 1.72. The maximum absolute atomic E-state index is 8.20. The van der Waals surface area contributed by atoms with Crippen LogP contribution in [0, 0.1) is 0 Å². The van der Waals surface area contributed by atoms with Crippen molar-refractivity contribution in [2.24, 2.45) is 0 Å². The van der Waals surface area contributed by atoms with Crippen LogP contribution in [0.15, 0.2) is 24.0 Å². The minimum absolute atomic E-state index is 0.525. The Morgan fingerprint density at radius 1 is 1.50 bits per heavy atom. The van der Waals surface area contributed by atoms with Crippen molar-refractivity contribution >= 4 is 8.19 Å². The van der Waals surface area contributed by atoms with Gasteiger partial charge in [0.2, 0.25) is 0 Å². The predicted octanol–water partition coefficient (Wildman–Crippen LogP) is 0.848. The van der Waals surface area contributed by atoms with Gasteiger partial charge in [0.25, 0.3) is 0 Å². The van der Waals surface area contributed by atoms with E-state index in [1.54, 1.807) is 6.07 Å². The largest absolute Gasteiger partial charge is 0.360 e. The molecule has 0 aliphatic heterocycles. The van der Waals surface area contributed by atoms with Gasteiger partial charge in [-0.25, -0.2) is 0 Å². The SMILES string of the molecule is [N-]=[N+]=c1cccc[pH]1. The summed E-state index contributed by atoms with van der Waals surface area (Å²) >= 11 is 0. The van der Waals surface area contributed by atoms with Crippen LogP contribution in [0.3, 0.4) is 0 Å². The van der Waals surface area contributed by atoms with Crippen molar-refractivity contribution in [2.75, 3.05) is 0 Å². The van der Waals surface area contributed by atoms with Crippen molar-refractivity contribution in [3.05, 3.63) is 34.6 Å². The van der Waals surface area contributed by atoms with Crippen molar-refractivity contribution in [3.8, 4) is 0 Å². The van der Waals surface area contributed by atoms with Gasteiger partial charge in [-0.05, 0) is 14.0 Å². The highest BCUT2D eigenvalue weighted by atomic mass is 31.0. The Morgan fingerprint density at radius 3 is 2.75 bits per heavy atom. The third-order valence-electron chi connectivity index (χ3n) is 0.800. The molecule has 8 heavy (non-hydrogen) atoms. The first kappa shape index (κ1) is 5.30. The molecule has 1 aromatic heterocycles. The van der Waals surface area contributed by atoms with E-state index in [2.05, 4.69) is 4.79 Å². The molecule has 0 amide bonds. The van der Waals surface area contributed by atoms with Gasteiger partial charge < -0.3 is 5.53 Å². The van der Waals surface area contributed by atoms with E-state index in [0.29, 0.717) is 8.19 Å². The Labute approximate surface area is 48.5 Å². The first-order valence-corrected chi connectivity index (χ1v) is 3.33. The predicted molar refractivity (Wildman–Crippen MR) is 32.7 cm³/mol. The summed E-state index contributed by atoms with van der Waals surface area (Å²) in [6.45, 7) is 0. The lowest BCUT2D eigenvalue weighted by Crippen LogP contribution is -1.90. The molecule has 1 atom stereocenters. The Kier molecular flexibility index (Phi) is 1.63. The standard InChI is InChI=1S/C5H5N2P/c6-7-5-3-1-2-4-8-5/h1-4,8H. The maximum Gasteiger partial charge on any atom is 0.327 e. The Morgan fingerprint density at radius 2 is 2.38 bits per heavy atom. The first-order valence-electron chi connectivity index (χ1n) is 2.25. The molecule has 3 heteroatoms. The molecule has 0 bridgehead atoms. The lowest BCUT2D eigenvalue weighted by atomic mass is 10.6. The third kappa shape index (κ3) is 1.06. The molecule has 0 fully saturated rings. The minimum atomic E-state index is 0.525. The van der Waals surface area contributed by atoms with Crippen LogP contribution in [0.4, 0.5) is 0 Å². The van der Waals surface area contributed by atoms with E-state index >= 15 is 0 Å². The van der Waals surface area contributed by atoms with Gasteiger partial charge in [-0.3, -0.25) is 0 Å². The highest BCUT2D eigenvalue weighted by Gasteiger charge is 1.77. The molecular weight excluding hydrogens is 119 g/mol. The Hall–Kier alpha value is -0.840. The topological polar surface area (TPSA) is 36.4 Å². The molecule has 0 saturated heterocycles. The second-order valence-electron chi connectivity index (χ2n) is 1.35. The fourth-order valence-electron chi connectivity index (χ4n) is 0.446. The molecule has 0 aliphatic rings. The molecule has 1 aromatic rings. The molecule has 0 aliphatic carbocycles. The van der Waals surface area contributed by atoms with E-state index < -0.39 is 0 Å². The van der Waals surface area contributed by atoms with E-state index in [1.807, 2.05) is 17.9 Å². The number of rotatable bonds is 0. The highest BCUT2D eigenvalue weighted by molar-refractivity contribution is 7.27. The lowest BCUT2D eigenvalue weighted by molar-refractivity contribution is -0.0589. The van der Waals surface area contributed by atoms with Gasteiger partial charge in [0.15, 0.2) is 0 Å². The van der Waals surface area contributed by atoms with Crippen molar-refractivity contribution in [1.82, 2.24) is 0 Å². The van der Waals surface area contributed by atoms with Crippen LogP contribution < -0.4 is 5.09 Å². The summed E-state index contributed by atoms with van der Waals surface area (Å²) in [4.78, 5) is 3.04. The molecule has 40 valence electrons. The maximum atomic E-state index is 8.20. The highest BCUT2D eigenvalue weighted by Crippen LogP contribution is 1.89. The van der Waals surface area contributed by atoms with Crippen molar-refractivity contribution in [3.63, 3.8) is 0 Å². The van der Waals surface area contributed by atoms with E-state index in [1.165, 1.54) is 0 Å². The minimum Gasteiger partial charge on any atom is -0.360 e. The molecule has 0 radical (unpaired) electrons. The molecule has 1 unspecified atom stereocenters. The smallest absolute Gasteiger partial charge is 0.327 e. The van der Waals surface area contributed by atoms with Crippen LogP contribution in [0.1, 0.15) is 0 Å². The van der Waals surface area contributed by atoms with E-state index in [-0.39, 0.29) is 0 Å².